The van der Waals surface area contributed by atoms with E-state index >= 15 is 0 Å². The van der Waals surface area contributed by atoms with Crippen LogP contribution in [0.5, 0.6) is 0 Å². The first-order valence-electron chi connectivity index (χ1n) is 8.24. The zero-order chi connectivity index (χ0) is 18.7. The number of Topliss-reactive ketones (excluding diaryl/α,β-unsaturated/α-hetero) is 1. The van der Waals surface area contributed by atoms with Crippen LogP contribution in [0.3, 0.4) is 0 Å². The molecule has 0 aliphatic rings. The molecule has 5 heteroatoms. The lowest BCUT2D eigenvalue weighted by atomic mass is 10.0. The SMILES string of the molecule is C=C/C=C(\C=C/C)c1cc(-c2[nH]c3ccccc3c2C(C)=O)c(=O)[nH]n1. The average molecular weight is 345 g/mol. The maximum absolute atomic E-state index is 12.5. The summed E-state index contributed by atoms with van der Waals surface area (Å²) in [5.74, 6) is -0.106. The Hall–Kier alpha value is -3.47. The quantitative estimate of drug-likeness (QED) is 0.535. The maximum Gasteiger partial charge on any atom is 0.273 e. The molecule has 0 aliphatic heterocycles. The van der Waals surface area contributed by atoms with Gasteiger partial charge >= 0.3 is 0 Å². The van der Waals surface area contributed by atoms with Crippen LogP contribution in [0.25, 0.3) is 27.7 Å². The molecule has 0 atom stereocenters. The molecule has 2 N–H and O–H groups in total. The molecule has 0 radical (unpaired) electrons. The number of nitrogens with zero attached hydrogens (tertiary/aromatic N) is 1. The predicted octanol–water partition coefficient (Wildman–Crippen LogP) is 4.27. The minimum atomic E-state index is -0.360. The first-order chi connectivity index (χ1) is 12.6. The van der Waals surface area contributed by atoms with Crippen molar-refractivity contribution in [2.45, 2.75) is 13.8 Å². The van der Waals surface area contributed by atoms with Gasteiger partial charge in [0.05, 0.1) is 22.5 Å². The number of hydrogen-bond acceptors (Lipinski definition) is 3. The molecular weight excluding hydrogens is 326 g/mol. The molecule has 0 saturated heterocycles. The summed E-state index contributed by atoms with van der Waals surface area (Å²) < 4.78 is 0. The molecule has 0 unspecified atom stereocenters. The van der Waals surface area contributed by atoms with Crippen molar-refractivity contribution in [1.82, 2.24) is 15.2 Å². The van der Waals surface area contributed by atoms with Gasteiger partial charge in [0.25, 0.3) is 5.56 Å². The molecule has 0 bridgehead atoms. The summed E-state index contributed by atoms with van der Waals surface area (Å²) in [5, 5.41) is 7.45. The summed E-state index contributed by atoms with van der Waals surface area (Å²) in [7, 11) is 0. The predicted molar refractivity (Wildman–Crippen MR) is 105 cm³/mol. The molecule has 0 fully saturated rings. The molecule has 3 rings (SSSR count). The second-order valence-corrected chi connectivity index (χ2v) is 5.83. The average Bonchev–Trinajstić information content (AvgIpc) is 3.01. The van der Waals surface area contributed by atoms with Crippen LogP contribution in [0.4, 0.5) is 0 Å². The van der Waals surface area contributed by atoms with Gasteiger partial charge in [0.15, 0.2) is 5.78 Å². The summed E-state index contributed by atoms with van der Waals surface area (Å²) in [6.45, 7) is 7.11. The Morgan fingerprint density at radius 2 is 2.04 bits per heavy atom. The number of nitrogens with one attached hydrogen (secondary N) is 2. The van der Waals surface area contributed by atoms with E-state index in [0.717, 1.165) is 16.5 Å². The van der Waals surface area contributed by atoms with Crippen molar-refractivity contribution in [3.63, 3.8) is 0 Å². The Morgan fingerprint density at radius 3 is 2.73 bits per heavy atom. The number of aromatic amines is 2. The van der Waals surface area contributed by atoms with E-state index in [9.17, 15) is 9.59 Å². The van der Waals surface area contributed by atoms with E-state index in [0.29, 0.717) is 22.5 Å². The highest BCUT2D eigenvalue weighted by atomic mass is 16.1. The van der Waals surface area contributed by atoms with Gasteiger partial charge in [-0.05, 0) is 26.0 Å². The largest absolute Gasteiger partial charge is 0.354 e. The minimum Gasteiger partial charge on any atom is -0.354 e. The number of carbonyl (C=O) groups excluding carboxylic acids is 1. The van der Waals surface area contributed by atoms with E-state index in [1.54, 1.807) is 12.1 Å². The third kappa shape index (κ3) is 3.07. The van der Waals surface area contributed by atoms with Crippen LogP contribution in [-0.2, 0) is 0 Å². The van der Waals surface area contributed by atoms with Crippen molar-refractivity contribution in [2.75, 3.05) is 0 Å². The first-order valence-corrected chi connectivity index (χ1v) is 8.24. The van der Waals surface area contributed by atoms with Crippen molar-refractivity contribution in [3.05, 3.63) is 82.8 Å². The summed E-state index contributed by atoms with van der Waals surface area (Å²) in [4.78, 5) is 27.9. The van der Waals surface area contributed by atoms with E-state index in [1.165, 1.54) is 6.92 Å². The van der Waals surface area contributed by atoms with Gasteiger partial charge in [-0.1, -0.05) is 49.1 Å². The number of carbonyl (C=O) groups is 1. The van der Waals surface area contributed by atoms with Crippen LogP contribution in [0, 0.1) is 0 Å². The number of H-pyrrole nitrogens is 2. The summed E-state index contributed by atoms with van der Waals surface area (Å²) in [6, 6.07) is 9.18. The Kier molecular flexibility index (Phi) is 4.80. The smallest absolute Gasteiger partial charge is 0.273 e. The van der Waals surface area contributed by atoms with E-state index in [4.69, 9.17) is 0 Å². The van der Waals surface area contributed by atoms with Crippen LogP contribution in [-0.4, -0.2) is 21.0 Å². The molecule has 1 aromatic carbocycles. The number of allylic oxidation sites excluding steroid dienone is 5. The topological polar surface area (TPSA) is 78.6 Å². The number of rotatable bonds is 5. The Labute approximate surface area is 150 Å². The summed E-state index contributed by atoms with van der Waals surface area (Å²) in [6.07, 6.45) is 7.22. The van der Waals surface area contributed by atoms with Gasteiger partial charge in [-0.2, -0.15) is 5.10 Å². The molecule has 2 aromatic heterocycles. The van der Waals surface area contributed by atoms with Gasteiger partial charge in [0, 0.05) is 16.5 Å². The molecule has 0 spiro atoms. The Morgan fingerprint density at radius 1 is 1.27 bits per heavy atom. The monoisotopic (exact) mass is 345 g/mol. The maximum atomic E-state index is 12.5. The zero-order valence-electron chi connectivity index (χ0n) is 14.7. The number of benzene rings is 1. The van der Waals surface area contributed by atoms with E-state index in [1.807, 2.05) is 49.4 Å². The standard InChI is InChI=1S/C21H19N3O2/c1-4-8-14(9-5-2)18-12-16(21(26)24-23-18)20-19(13(3)25)15-10-6-7-11-17(15)22-20/h4-12,22H,1H2,2-3H3,(H,24,26)/b9-5-,14-8+. The first kappa shape index (κ1) is 17.4. The highest BCUT2D eigenvalue weighted by Gasteiger charge is 2.19. The van der Waals surface area contributed by atoms with Gasteiger partial charge < -0.3 is 4.98 Å². The van der Waals surface area contributed by atoms with Crippen LogP contribution in [0.2, 0.25) is 0 Å². The van der Waals surface area contributed by atoms with Crippen molar-refractivity contribution >= 4 is 22.3 Å². The molecule has 0 amide bonds. The Bertz CT molecular complexity index is 1110. The minimum absolute atomic E-state index is 0.106. The molecular formula is C21H19N3O2. The zero-order valence-corrected chi connectivity index (χ0v) is 14.7. The van der Waals surface area contributed by atoms with E-state index < -0.39 is 0 Å². The molecule has 26 heavy (non-hydrogen) atoms. The highest BCUT2D eigenvalue weighted by Crippen LogP contribution is 2.30. The van der Waals surface area contributed by atoms with Crippen LogP contribution < -0.4 is 5.56 Å². The number of ketones is 1. The van der Waals surface area contributed by atoms with Gasteiger partial charge in [0.2, 0.25) is 0 Å². The van der Waals surface area contributed by atoms with Crippen molar-refractivity contribution < 1.29 is 4.79 Å². The number of aromatic nitrogens is 3. The third-order valence-electron chi connectivity index (χ3n) is 4.07. The lowest BCUT2D eigenvalue weighted by molar-refractivity contribution is 0.102. The fourth-order valence-electron chi connectivity index (χ4n) is 2.98. The number of fused-ring (bicyclic) bond motifs is 1. The fourth-order valence-corrected chi connectivity index (χ4v) is 2.98. The molecule has 5 nitrogen and oxygen atoms in total. The highest BCUT2D eigenvalue weighted by molar-refractivity contribution is 6.12. The third-order valence-corrected chi connectivity index (χ3v) is 4.07. The van der Waals surface area contributed by atoms with Gasteiger partial charge in [0.1, 0.15) is 0 Å². The van der Waals surface area contributed by atoms with Crippen LogP contribution in [0.15, 0.2) is 66.0 Å². The number of para-hydroxylation sites is 1. The lowest BCUT2D eigenvalue weighted by Gasteiger charge is -2.05. The van der Waals surface area contributed by atoms with Gasteiger partial charge in [-0.15, -0.1) is 0 Å². The second-order valence-electron chi connectivity index (χ2n) is 5.83. The van der Waals surface area contributed by atoms with Crippen molar-refractivity contribution in [3.8, 4) is 11.3 Å². The molecule has 130 valence electrons. The molecule has 0 aliphatic carbocycles. The molecule has 0 saturated carbocycles. The molecule has 2 heterocycles. The molecule has 3 aromatic rings. The van der Waals surface area contributed by atoms with Crippen molar-refractivity contribution in [1.29, 1.82) is 0 Å². The van der Waals surface area contributed by atoms with Crippen molar-refractivity contribution in [2.24, 2.45) is 0 Å². The van der Waals surface area contributed by atoms with Crippen LogP contribution in [0.1, 0.15) is 29.9 Å². The van der Waals surface area contributed by atoms with Crippen LogP contribution >= 0.6 is 0 Å². The fraction of sp³-hybridized carbons (Fsp3) is 0.0952. The lowest BCUT2D eigenvalue weighted by Crippen LogP contribution is -2.13. The van der Waals surface area contributed by atoms with E-state index in [-0.39, 0.29) is 11.3 Å². The normalized spacial score (nSPS) is 12.0. The van der Waals surface area contributed by atoms with Gasteiger partial charge in [-0.25, -0.2) is 5.10 Å². The second kappa shape index (κ2) is 7.19. The summed E-state index contributed by atoms with van der Waals surface area (Å²) in [5.41, 5.74) is 3.22. The summed E-state index contributed by atoms with van der Waals surface area (Å²) >= 11 is 0. The van der Waals surface area contributed by atoms with Gasteiger partial charge in [-0.3, -0.25) is 9.59 Å². The van der Waals surface area contributed by atoms with E-state index in [2.05, 4.69) is 21.8 Å². The Balaban J connectivity index is 2.30. The number of hydrogen-bond donors (Lipinski definition) is 2.